The fraction of sp³-hybridized carbons (Fsp3) is 0.241. The highest BCUT2D eigenvalue weighted by Crippen LogP contribution is 2.29. The fourth-order valence-corrected chi connectivity index (χ4v) is 5.16. The van der Waals surface area contributed by atoms with Crippen molar-refractivity contribution in [3.8, 4) is 11.8 Å². The second kappa shape index (κ2) is 13.2. The second-order valence-electron chi connectivity index (χ2n) is 8.99. The van der Waals surface area contributed by atoms with Gasteiger partial charge in [-0.25, -0.2) is 0 Å². The number of hydrogen-bond acceptors (Lipinski definition) is 2. The molecule has 0 aliphatic heterocycles. The Kier molecular flexibility index (Phi) is 10.3. The third-order valence-electron chi connectivity index (χ3n) is 5.14. The number of hydrogen-bond donors (Lipinski definition) is 0. The summed E-state index contributed by atoms with van der Waals surface area (Å²) in [5.74, 6) is 7.73. The first-order chi connectivity index (χ1) is 15.9. The molecular formula is C29H32INSSi. The van der Waals surface area contributed by atoms with Gasteiger partial charge in [-0.15, -0.1) is 11.8 Å². The Morgan fingerprint density at radius 3 is 2.24 bits per heavy atom. The highest BCUT2D eigenvalue weighted by molar-refractivity contribution is 14.1. The lowest BCUT2D eigenvalue weighted by molar-refractivity contribution is 0.319. The molecule has 0 atom stereocenters. The van der Waals surface area contributed by atoms with E-state index in [-0.39, 0.29) is 0 Å². The van der Waals surface area contributed by atoms with E-state index in [9.17, 15) is 0 Å². The van der Waals surface area contributed by atoms with Crippen molar-refractivity contribution in [3.05, 3.63) is 105 Å². The van der Waals surface area contributed by atoms with Gasteiger partial charge in [-0.05, 0) is 38.6 Å². The minimum atomic E-state index is -1.29. The molecule has 0 saturated carbocycles. The van der Waals surface area contributed by atoms with Crippen molar-refractivity contribution in [3.63, 3.8) is 0 Å². The zero-order chi connectivity index (χ0) is 23.5. The highest BCUT2D eigenvalue weighted by atomic mass is 127. The van der Waals surface area contributed by atoms with Crippen LogP contribution in [0.5, 0.6) is 0 Å². The van der Waals surface area contributed by atoms with Crippen molar-refractivity contribution in [1.82, 2.24) is 4.90 Å². The van der Waals surface area contributed by atoms with Crippen LogP contribution in [0.4, 0.5) is 0 Å². The molecule has 0 bridgehead atoms. The lowest BCUT2D eigenvalue weighted by Gasteiger charge is -2.20. The first kappa shape index (κ1) is 25.8. The second-order valence-corrected chi connectivity index (χ2v) is 17.3. The predicted octanol–water partition coefficient (Wildman–Crippen LogP) is 7.99. The van der Waals surface area contributed by atoms with E-state index in [1.165, 1.54) is 19.2 Å². The Hall–Kier alpha value is -1.78. The molecule has 33 heavy (non-hydrogen) atoms. The molecule has 0 radical (unpaired) electrons. The third kappa shape index (κ3) is 9.17. The van der Waals surface area contributed by atoms with Crippen molar-refractivity contribution < 1.29 is 0 Å². The topological polar surface area (TPSA) is 3.24 Å². The van der Waals surface area contributed by atoms with Gasteiger partial charge in [-0.2, -0.15) is 0 Å². The van der Waals surface area contributed by atoms with Crippen LogP contribution in [-0.4, -0.2) is 31.8 Å². The molecule has 0 fully saturated rings. The molecule has 3 rings (SSSR count). The van der Waals surface area contributed by atoms with Gasteiger partial charge in [-0.1, -0.05) is 121 Å². The average molecular weight is 582 g/mol. The molecule has 0 aliphatic rings. The van der Waals surface area contributed by atoms with E-state index < -0.39 is 8.07 Å². The summed E-state index contributed by atoms with van der Waals surface area (Å²) in [6.07, 6.45) is 2.39. The van der Waals surface area contributed by atoms with Crippen LogP contribution in [0.3, 0.4) is 0 Å². The van der Waals surface area contributed by atoms with Gasteiger partial charge in [0.05, 0.1) is 14.6 Å². The van der Waals surface area contributed by atoms with Crippen LogP contribution in [-0.2, 0) is 6.54 Å². The van der Waals surface area contributed by atoms with E-state index >= 15 is 0 Å². The van der Waals surface area contributed by atoms with Gasteiger partial charge in [0, 0.05) is 29.3 Å². The van der Waals surface area contributed by atoms with Gasteiger partial charge >= 0.3 is 0 Å². The van der Waals surface area contributed by atoms with Crippen LogP contribution >= 0.6 is 34.4 Å². The molecule has 3 aromatic carbocycles. The van der Waals surface area contributed by atoms with Gasteiger partial charge in [0.25, 0.3) is 0 Å². The van der Waals surface area contributed by atoms with Crippen LogP contribution in [0.15, 0.2) is 93.0 Å². The summed E-state index contributed by atoms with van der Waals surface area (Å²) < 4.78 is 1.51. The van der Waals surface area contributed by atoms with Gasteiger partial charge in [0.15, 0.2) is 0 Å². The van der Waals surface area contributed by atoms with Crippen molar-refractivity contribution in [2.45, 2.75) is 31.1 Å². The van der Waals surface area contributed by atoms with Crippen molar-refractivity contribution >= 4 is 48.5 Å². The molecule has 1 nitrogen and oxygen atoms in total. The van der Waals surface area contributed by atoms with E-state index in [1.54, 1.807) is 0 Å². The average Bonchev–Trinajstić information content (AvgIpc) is 2.81. The largest absolute Gasteiger partial charge is 0.287 e. The SMILES string of the molecule is C[Si](C)(C)/C(I)=C/c1ccccc1SCCN(CC#Cc1ccccc1)Cc1ccccc1. The standard InChI is InChI=1S/C29H32INSSi/c1-33(2,3)29(30)23-27-18-10-11-19-28(27)32-22-21-31(24-26-15-8-5-9-16-26)20-12-17-25-13-6-4-7-14-25/h4-11,13-16,18-19,23H,20-22,24H2,1-3H3/b29-23+. The van der Waals surface area contributed by atoms with Crippen LogP contribution in [0.25, 0.3) is 6.08 Å². The summed E-state index contributed by atoms with van der Waals surface area (Å²) in [6.45, 7) is 9.88. The Morgan fingerprint density at radius 1 is 0.909 bits per heavy atom. The van der Waals surface area contributed by atoms with Crippen LogP contribution in [0.2, 0.25) is 19.6 Å². The molecule has 4 heteroatoms. The Balaban J connectivity index is 1.67. The summed E-state index contributed by atoms with van der Waals surface area (Å²) in [6, 6.07) is 29.7. The maximum absolute atomic E-state index is 3.39. The van der Waals surface area contributed by atoms with Crippen molar-refractivity contribution in [2.24, 2.45) is 0 Å². The van der Waals surface area contributed by atoms with E-state index in [2.05, 4.69) is 132 Å². The van der Waals surface area contributed by atoms with Crippen LogP contribution < -0.4 is 0 Å². The summed E-state index contributed by atoms with van der Waals surface area (Å²) in [7, 11) is -1.29. The highest BCUT2D eigenvalue weighted by Gasteiger charge is 2.17. The van der Waals surface area contributed by atoms with E-state index in [4.69, 9.17) is 0 Å². The quantitative estimate of drug-likeness (QED) is 0.109. The minimum Gasteiger partial charge on any atom is -0.287 e. The summed E-state index contributed by atoms with van der Waals surface area (Å²) in [4.78, 5) is 3.81. The molecule has 0 saturated heterocycles. The smallest absolute Gasteiger partial charge is 0.0854 e. The van der Waals surface area contributed by atoms with E-state index in [0.717, 1.165) is 31.0 Å². The van der Waals surface area contributed by atoms with Gasteiger partial charge in [0.1, 0.15) is 0 Å². The molecule has 0 heterocycles. The summed E-state index contributed by atoms with van der Waals surface area (Å²) >= 11 is 4.49. The minimum absolute atomic E-state index is 0.763. The van der Waals surface area contributed by atoms with Crippen molar-refractivity contribution in [1.29, 1.82) is 0 Å². The Labute approximate surface area is 218 Å². The molecule has 0 unspecified atom stereocenters. The number of benzene rings is 3. The molecule has 3 aromatic rings. The number of halogens is 1. The first-order valence-corrected chi connectivity index (χ1v) is 16.9. The number of rotatable bonds is 9. The lowest BCUT2D eigenvalue weighted by Crippen LogP contribution is -2.26. The number of nitrogens with zero attached hydrogens (tertiary/aromatic N) is 1. The van der Waals surface area contributed by atoms with Crippen LogP contribution in [0, 0.1) is 11.8 Å². The third-order valence-corrected chi connectivity index (χ3v) is 13.0. The zero-order valence-electron chi connectivity index (χ0n) is 19.7. The first-order valence-electron chi connectivity index (χ1n) is 11.3. The summed E-state index contributed by atoms with van der Waals surface area (Å²) in [5, 5.41) is 0. The van der Waals surface area contributed by atoms with Crippen molar-refractivity contribution in [2.75, 3.05) is 18.8 Å². The lowest BCUT2D eigenvalue weighted by atomic mass is 10.2. The predicted molar refractivity (Wildman–Crippen MR) is 158 cm³/mol. The van der Waals surface area contributed by atoms with Gasteiger partial charge in [0.2, 0.25) is 0 Å². The zero-order valence-corrected chi connectivity index (χ0v) is 23.7. The Bertz CT molecular complexity index is 1090. The van der Waals surface area contributed by atoms with Gasteiger partial charge in [-0.3, -0.25) is 4.90 Å². The number of thioether (sulfide) groups is 1. The van der Waals surface area contributed by atoms with Gasteiger partial charge < -0.3 is 0 Å². The maximum atomic E-state index is 3.39. The molecule has 0 spiro atoms. The maximum Gasteiger partial charge on any atom is 0.0854 e. The monoisotopic (exact) mass is 581 g/mol. The molecule has 170 valence electrons. The normalized spacial score (nSPS) is 11.8. The fourth-order valence-electron chi connectivity index (χ4n) is 3.20. The molecule has 0 N–H and O–H groups in total. The summed E-state index contributed by atoms with van der Waals surface area (Å²) in [5.41, 5.74) is 3.74. The molecular weight excluding hydrogens is 549 g/mol. The molecule has 0 aromatic heterocycles. The molecule has 0 aliphatic carbocycles. The van der Waals surface area contributed by atoms with E-state index in [1.807, 2.05) is 30.0 Å². The molecule has 0 amide bonds. The van der Waals surface area contributed by atoms with E-state index in [0.29, 0.717) is 0 Å². The Morgan fingerprint density at radius 2 is 1.55 bits per heavy atom. The van der Waals surface area contributed by atoms with Crippen LogP contribution in [0.1, 0.15) is 16.7 Å².